The number of nitrogens with one attached hydrogen (secondary N) is 1. The largest absolute Gasteiger partial charge is 0.492 e. The van der Waals surface area contributed by atoms with Crippen molar-refractivity contribution in [2.24, 2.45) is 0 Å². The minimum Gasteiger partial charge on any atom is -0.492 e. The van der Waals surface area contributed by atoms with Gasteiger partial charge in [0.15, 0.2) is 0 Å². The van der Waals surface area contributed by atoms with Crippen LogP contribution in [0.15, 0.2) is 83.8 Å². The van der Waals surface area contributed by atoms with E-state index in [1.165, 1.54) is 44.5 Å². The fourth-order valence-corrected chi connectivity index (χ4v) is 8.77. The summed E-state index contributed by atoms with van der Waals surface area (Å²) >= 11 is 1.04. The van der Waals surface area contributed by atoms with Crippen molar-refractivity contribution in [3.05, 3.63) is 94.9 Å². The van der Waals surface area contributed by atoms with Gasteiger partial charge in [-0.15, -0.1) is 11.3 Å². The zero-order chi connectivity index (χ0) is 37.5. The molecule has 3 heterocycles. The molecule has 2 saturated heterocycles. The Hall–Kier alpha value is -4.80. The summed E-state index contributed by atoms with van der Waals surface area (Å²) in [6, 6.07) is 21.2. The van der Waals surface area contributed by atoms with Crippen LogP contribution in [0.25, 0.3) is 10.4 Å². The maximum Gasteiger partial charge on any atom is 0.337 e. The van der Waals surface area contributed by atoms with Crippen LogP contribution in [0.4, 0.5) is 11.4 Å². The molecular formula is C38H43N5O8S2. The van der Waals surface area contributed by atoms with Gasteiger partial charge in [0, 0.05) is 64.1 Å². The van der Waals surface area contributed by atoms with Crippen LogP contribution < -0.4 is 14.4 Å². The highest BCUT2D eigenvalue weighted by Crippen LogP contribution is 2.39. The lowest BCUT2D eigenvalue weighted by atomic mass is 10.1. The summed E-state index contributed by atoms with van der Waals surface area (Å²) in [4.78, 5) is 45.5. The SMILES string of the molecule is COC(=O)c1ccc(N(C)S(=O)(=O)c2cc(C(=O)Nc3ccc(OCCN4CCOCC4)cc3)sc2-c2ccc(C(=O)N3CCN(C)CC3)cc2)cc1. The first-order chi connectivity index (χ1) is 25.5. The van der Waals surface area contributed by atoms with Crippen molar-refractivity contribution in [2.45, 2.75) is 4.90 Å². The minimum absolute atomic E-state index is 0.0747. The van der Waals surface area contributed by atoms with Gasteiger partial charge in [0.05, 0.1) is 41.3 Å². The molecule has 53 heavy (non-hydrogen) atoms. The molecule has 0 saturated carbocycles. The summed E-state index contributed by atoms with van der Waals surface area (Å²) in [7, 11) is 0.473. The number of carbonyl (C=O) groups excluding carboxylic acids is 3. The highest BCUT2D eigenvalue weighted by atomic mass is 32.2. The predicted molar refractivity (Wildman–Crippen MR) is 204 cm³/mol. The van der Waals surface area contributed by atoms with Gasteiger partial charge in [-0.05, 0) is 79.3 Å². The molecule has 0 unspecified atom stereocenters. The molecule has 280 valence electrons. The molecular weight excluding hydrogens is 719 g/mol. The lowest BCUT2D eigenvalue weighted by molar-refractivity contribution is 0.0322. The molecule has 6 rings (SSSR count). The highest BCUT2D eigenvalue weighted by molar-refractivity contribution is 7.93. The van der Waals surface area contributed by atoms with Gasteiger partial charge >= 0.3 is 5.97 Å². The van der Waals surface area contributed by atoms with Crippen LogP contribution in [0.5, 0.6) is 5.75 Å². The molecule has 1 N–H and O–H groups in total. The van der Waals surface area contributed by atoms with Gasteiger partial charge in [0.1, 0.15) is 17.3 Å². The number of likely N-dealkylation sites (N-methyl/N-ethyl adjacent to an activating group) is 1. The Morgan fingerprint density at radius 2 is 1.51 bits per heavy atom. The fraction of sp³-hybridized carbons (Fsp3) is 0.342. The summed E-state index contributed by atoms with van der Waals surface area (Å²) in [6.45, 7) is 7.35. The Balaban J connectivity index is 1.23. The molecule has 2 fully saturated rings. The Labute approximate surface area is 313 Å². The van der Waals surface area contributed by atoms with Gasteiger partial charge in [-0.2, -0.15) is 0 Å². The second kappa shape index (κ2) is 16.9. The van der Waals surface area contributed by atoms with Crippen LogP contribution in [0.3, 0.4) is 0 Å². The second-order valence-electron chi connectivity index (χ2n) is 12.8. The van der Waals surface area contributed by atoms with Crippen LogP contribution in [-0.2, 0) is 19.5 Å². The number of rotatable bonds is 12. The third-order valence-corrected chi connectivity index (χ3v) is 12.4. The molecule has 2 amide bonds. The monoisotopic (exact) mass is 761 g/mol. The number of ether oxygens (including phenoxy) is 3. The molecule has 4 aromatic rings. The standard InChI is InChI=1S/C38H43N5O8S2/c1-40-16-18-43(19-17-40)37(45)28-6-4-27(5-7-28)35-34(53(47,48)41(2)31-12-8-29(9-13-31)38(46)49-3)26-33(52-35)36(44)39-30-10-14-32(15-11-30)51-25-22-42-20-23-50-24-21-42/h4-15,26H,16-25H2,1-3H3,(H,39,44). The van der Waals surface area contributed by atoms with Crippen molar-refractivity contribution in [3.63, 3.8) is 0 Å². The summed E-state index contributed by atoms with van der Waals surface area (Å²) in [5.74, 6) is -0.448. The average Bonchev–Trinajstić information content (AvgIpc) is 3.66. The van der Waals surface area contributed by atoms with E-state index in [0.717, 1.165) is 61.6 Å². The number of amides is 2. The van der Waals surface area contributed by atoms with E-state index in [2.05, 4.69) is 15.1 Å². The average molecular weight is 762 g/mol. The quantitative estimate of drug-likeness (QED) is 0.207. The smallest absolute Gasteiger partial charge is 0.337 e. The molecule has 2 aliphatic heterocycles. The third kappa shape index (κ3) is 9.05. The van der Waals surface area contributed by atoms with Crippen molar-refractivity contribution < 1.29 is 37.0 Å². The van der Waals surface area contributed by atoms with Crippen LogP contribution in [-0.4, -0.2) is 128 Å². The summed E-state index contributed by atoms with van der Waals surface area (Å²) in [5.41, 5.74) is 2.13. The molecule has 0 bridgehead atoms. The van der Waals surface area contributed by atoms with Crippen molar-refractivity contribution >= 4 is 50.5 Å². The van der Waals surface area contributed by atoms with Gasteiger partial charge in [-0.25, -0.2) is 13.2 Å². The molecule has 0 aliphatic carbocycles. The number of anilines is 2. The highest BCUT2D eigenvalue weighted by Gasteiger charge is 2.30. The van der Waals surface area contributed by atoms with Crippen LogP contribution in [0.1, 0.15) is 30.4 Å². The van der Waals surface area contributed by atoms with E-state index in [1.54, 1.807) is 48.5 Å². The zero-order valence-electron chi connectivity index (χ0n) is 29.9. The normalized spacial score (nSPS) is 15.5. The van der Waals surface area contributed by atoms with Crippen molar-refractivity contribution in [3.8, 4) is 16.2 Å². The number of thiophene rings is 1. The van der Waals surface area contributed by atoms with Crippen molar-refractivity contribution in [2.75, 3.05) is 96.5 Å². The summed E-state index contributed by atoms with van der Waals surface area (Å²) in [5, 5.41) is 2.87. The van der Waals surface area contributed by atoms with Crippen LogP contribution in [0, 0.1) is 0 Å². The lowest BCUT2D eigenvalue weighted by Gasteiger charge is -2.32. The third-order valence-electron chi connectivity index (χ3n) is 9.29. The van der Waals surface area contributed by atoms with Gasteiger partial charge in [0.2, 0.25) is 0 Å². The molecule has 15 heteroatoms. The number of esters is 1. The second-order valence-corrected chi connectivity index (χ2v) is 15.8. The molecule has 0 spiro atoms. The number of hydrogen-bond donors (Lipinski definition) is 1. The van der Waals surface area contributed by atoms with Crippen LogP contribution >= 0.6 is 11.3 Å². The van der Waals surface area contributed by atoms with Crippen LogP contribution in [0.2, 0.25) is 0 Å². The molecule has 2 aliphatic rings. The maximum absolute atomic E-state index is 14.3. The number of methoxy groups -OCH3 is 1. The summed E-state index contributed by atoms with van der Waals surface area (Å²) < 4.78 is 45.6. The molecule has 0 atom stereocenters. The number of carbonyl (C=O) groups is 3. The molecule has 13 nitrogen and oxygen atoms in total. The van der Waals surface area contributed by atoms with Gasteiger partial charge in [0.25, 0.3) is 21.8 Å². The Morgan fingerprint density at radius 3 is 2.15 bits per heavy atom. The van der Waals surface area contributed by atoms with E-state index in [0.29, 0.717) is 52.8 Å². The Kier molecular flexibility index (Phi) is 12.1. The summed E-state index contributed by atoms with van der Waals surface area (Å²) in [6.07, 6.45) is 0. The van der Waals surface area contributed by atoms with Crippen molar-refractivity contribution in [1.82, 2.24) is 14.7 Å². The van der Waals surface area contributed by atoms with Gasteiger partial charge < -0.3 is 29.3 Å². The number of benzene rings is 3. The zero-order valence-corrected chi connectivity index (χ0v) is 31.6. The number of morpholine rings is 1. The van der Waals surface area contributed by atoms with E-state index in [9.17, 15) is 22.8 Å². The molecule has 0 radical (unpaired) electrons. The van der Waals surface area contributed by atoms with Crippen molar-refractivity contribution in [1.29, 1.82) is 0 Å². The topological polar surface area (TPSA) is 138 Å². The number of sulfonamides is 1. The van der Waals surface area contributed by atoms with E-state index in [4.69, 9.17) is 14.2 Å². The first kappa shape index (κ1) is 37.9. The molecule has 3 aromatic carbocycles. The lowest BCUT2D eigenvalue weighted by Crippen LogP contribution is -2.47. The fourth-order valence-electron chi connectivity index (χ4n) is 5.99. The Bertz CT molecular complexity index is 2000. The van der Waals surface area contributed by atoms with Gasteiger partial charge in [-0.1, -0.05) is 12.1 Å². The number of piperazine rings is 1. The first-order valence-electron chi connectivity index (χ1n) is 17.3. The maximum atomic E-state index is 14.3. The van der Waals surface area contributed by atoms with E-state index >= 15 is 0 Å². The number of hydrogen-bond acceptors (Lipinski definition) is 11. The van der Waals surface area contributed by atoms with Gasteiger partial charge in [-0.3, -0.25) is 18.8 Å². The van der Waals surface area contributed by atoms with E-state index in [-0.39, 0.29) is 21.2 Å². The molecule has 1 aromatic heterocycles. The Morgan fingerprint density at radius 1 is 0.868 bits per heavy atom. The van der Waals surface area contributed by atoms with E-state index < -0.39 is 21.9 Å². The first-order valence-corrected chi connectivity index (χ1v) is 19.5. The van der Waals surface area contributed by atoms with E-state index in [1.807, 2.05) is 11.9 Å². The predicted octanol–water partition coefficient (Wildman–Crippen LogP) is 4.38. The number of nitrogens with zero attached hydrogens (tertiary/aromatic N) is 4. The minimum atomic E-state index is -4.23.